The third kappa shape index (κ3) is 4.64. The summed E-state index contributed by atoms with van der Waals surface area (Å²) in [6.45, 7) is 3.46. The first-order chi connectivity index (χ1) is 15.0. The summed E-state index contributed by atoms with van der Waals surface area (Å²) in [5.74, 6) is 0.279. The maximum atomic E-state index is 13.1. The number of ketones is 1. The molecule has 2 aromatic heterocycles. The SMILES string of the molecule is C=O.CC(=O)Nc1cccc(Nc2ncnc3c2c(C(=O)c2ccccc2)cn3C)c1. The molecule has 4 aromatic rings. The number of hydrogen-bond donors (Lipinski definition) is 2. The topological polar surface area (TPSA) is 106 Å². The largest absolute Gasteiger partial charge is 0.339 e. The highest BCUT2D eigenvalue weighted by atomic mass is 16.1. The van der Waals surface area contributed by atoms with Crippen LogP contribution in [0.4, 0.5) is 17.2 Å². The number of aromatic nitrogens is 3. The minimum Gasteiger partial charge on any atom is -0.339 e. The first-order valence-electron chi connectivity index (χ1n) is 9.36. The highest BCUT2D eigenvalue weighted by molar-refractivity contribution is 6.18. The van der Waals surface area contributed by atoms with Gasteiger partial charge >= 0.3 is 0 Å². The van der Waals surface area contributed by atoms with Gasteiger partial charge in [0.2, 0.25) is 5.91 Å². The maximum absolute atomic E-state index is 13.1. The molecule has 0 unspecified atom stereocenters. The van der Waals surface area contributed by atoms with Crippen molar-refractivity contribution in [2.75, 3.05) is 10.6 Å². The molecule has 0 aliphatic heterocycles. The summed E-state index contributed by atoms with van der Waals surface area (Å²) in [4.78, 5) is 41.1. The molecule has 2 aromatic carbocycles. The van der Waals surface area contributed by atoms with Crippen molar-refractivity contribution in [1.29, 1.82) is 0 Å². The normalized spacial score (nSPS) is 10.1. The van der Waals surface area contributed by atoms with Crippen LogP contribution in [0.25, 0.3) is 11.0 Å². The summed E-state index contributed by atoms with van der Waals surface area (Å²) in [7, 11) is 1.85. The van der Waals surface area contributed by atoms with Crippen molar-refractivity contribution < 1.29 is 14.4 Å². The van der Waals surface area contributed by atoms with E-state index in [0.29, 0.717) is 33.7 Å². The Morgan fingerprint density at radius 3 is 2.39 bits per heavy atom. The van der Waals surface area contributed by atoms with E-state index in [-0.39, 0.29) is 11.7 Å². The number of hydrogen-bond acceptors (Lipinski definition) is 6. The Balaban J connectivity index is 0.00000132. The zero-order valence-electron chi connectivity index (χ0n) is 17.1. The van der Waals surface area contributed by atoms with E-state index in [9.17, 15) is 9.59 Å². The second kappa shape index (κ2) is 9.45. The smallest absolute Gasteiger partial charge is 0.221 e. The van der Waals surface area contributed by atoms with Gasteiger partial charge in [-0.2, -0.15) is 0 Å². The number of nitrogens with zero attached hydrogens (tertiary/aromatic N) is 3. The summed E-state index contributed by atoms with van der Waals surface area (Å²) in [5, 5.41) is 6.65. The molecule has 0 saturated carbocycles. The van der Waals surface area contributed by atoms with Gasteiger partial charge in [0.25, 0.3) is 0 Å². The highest BCUT2D eigenvalue weighted by Crippen LogP contribution is 2.29. The van der Waals surface area contributed by atoms with Crippen molar-refractivity contribution in [3.05, 3.63) is 78.2 Å². The molecule has 0 bridgehead atoms. The highest BCUT2D eigenvalue weighted by Gasteiger charge is 2.20. The third-order valence-corrected chi connectivity index (χ3v) is 4.48. The molecule has 156 valence electrons. The van der Waals surface area contributed by atoms with Crippen molar-refractivity contribution in [3.8, 4) is 0 Å². The fourth-order valence-electron chi connectivity index (χ4n) is 3.24. The van der Waals surface area contributed by atoms with Gasteiger partial charge < -0.3 is 20.0 Å². The summed E-state index contributed by atoms with van der Waals surface area (Å²) < 4.78 is 1.81. The van der Waals surface area contributed by atoms with E-state index < -0.39 is 0 Å². The predicted molar refractivity (Wildman–Crippen MR) is 120 cm³/mol. The fraction of sp³-hybridized carbons (Fsp3) is 0.0870. The standard InChI is InChI=1S/C22H19N5O2.CH2O/c1-14(28)25-16-9-6-10-17(11-16)26-21-19-18(12-27(2)22(19)24-13-23-21)20(29)15-7-4-3-5-8-15;1-2/h3-13H,1-2H3,(H,25,28)(H,23,24,26);1H2. The lowest BCUT2D eigenvalue weighted by atomic mass is 10.0. The average molecular weight is 415 g/mol. The zero-order valence-corrected chi connectivity index (χ0v) is 17.1. The van der Waals surface area contributed by atoms with E-state index in [4.69, 9.17) is 4.79 Å². The van der Waals surface area contributed by atoms with Crippen molar-refractivity contribution in [2.45, 2.75) is 6.92 Å². The molecule has 1 amide bonds. The molecule has 0 radical (unpaired) electrons. The number of aryl methyl sites for hydroxylation is 1. The van der Waals surface area contributed by atoms with E-state index in [1.807, 2.05) is 48.7 Å². The maximum Gasteiger partial charge on any atom is 0.221 e. The molecular formula is C23H21N5O3. The number of carbonyl (C=O) groups is 3. The van der Waals surface area contributed by atoms with Gasteiger partial charge in [-0.05, 0) is 18.2 Å². The molecule has 0 fully saturated rings. The molecule has 0 saturated heterocycles. The number of nitrogens with one attached hydrogen (secondary N) is 2. The molecule has 0 aliphatic carbocycles. The minimum absolute atomic E-state index is 0.0963. The first-order valence-corrected chi connectivity index (χ1v) is 9.36. The quantitative estimate of drug-likeness (QED) is 0.481. The Hall–Kier alpha value is -4.33. The van der Waals surface area contributed by atoms with Gasteiger partial charge in [-0.3, -0.25) is 9.59 Å². The minimum atomic E-state index is -0.148. The molecule has 0 aliphatic rings. The van der Waals surface area contributed by atoms with Crippen molar-refractivity contribution >= 4 is 46.7 Å². The summed E-state index contributed by atoms with van der Waals surface area (Å²) in [5.41, 5.74) is 3.18. The second-order valence-corrected chi connectivity index (χ2v) is 6.66. The van der Waals surface area contributed by atoms with Crippen LogP contribution in [0.5, 0.6) is 0 Å². The first kappa shape index (κ1) is 21.4. The molecule has 2 N–H and O–H groups in total. The molecule has 0 spiro atoms. The van der Waals surface area contributed by atoms with Crippen LogP contribution in [0.2, 0.25) is 0 Å². The number of benzene rings is 2. The zero-order chi connectivity index (χ0) is 22.4. The van der Waals surface area contributed by atoms with E-state index in [1.165, 1.54) is 13.3 Å². The van der Waals surface area contributed by atoms with Gasteiger partial charge in [0.05, 0.1) is 10.9 Å². The van der Waals surface area contributed by atoms with Crippen LogP contribution in [0, 0.1) is 0 Å². The Labute approximate surface area is 179 Å². The van der Waals surface area contributed by atoms with E-state index in [2.05, 4.69) is 20.6 Å². The Kier molecular flexibility index (Phi) is 6.51. The predicted octanol–water partition coefficient (Wildman–Crippen LogP) is 3.72. The van der Waals surface area contributed by atoms with Gasteiger partial charge in [-0.25, -0.2) is 9.97 Å². The molecule has 8 nitrogen and oxygen atoms in total. The van der Waals surface area contributed by atoms with Crippen LogP contribution in [0.1, 0.15) is 22.8 Å². The van der Waals surface area contributed by atoms with Crippen molar-refractivity contribution in [2.24, 2.45) is 7.05 Å². The second-order valence-electron chi connectivity index (χ2n) is 6.66. The summed E-state index contributed by atoms with van der Waals surface area (Å²) in [6.07, 6.45) is 3.23. The Morgan fingerprint density at radius 2 is 1.68 bits per heavy atom. The van der Waals surface area contributed by atoms with Crippen molar-refractivity contribution in [3.63, 3.8) is 0 Å². The molecule has 2 heterocycles. The number of rotatable bonds is 5. The molecule has 31 heavy (non-hydrogen) atoms. The van der Waals surface area contributed by atoms with E-state index in [1.54, 1.807) is 30.5 Å². The molecule has 4 rings (SSSR count). The Bertz CT molecular complexity index is 1230. The summed E-state index contributed by atoms with van der Waals surface area (Å²) in [6, 6.07) is 16.4. The van der Waals surface area contributed by atoms with Crippen LogP contribution >= 0.6 is 0 Å². The lowest BCUT2D eigenvalue weighted by Gasteiger charge is -2.10. The Morgan fingerprint density at radius 1 is 0.968 bits per heavy atom. The van der Waals surface area contributed by atoms with Crippen molar-refractivity contribution in [1.82, 2.24) is 14.5 Å². The van der Waals surface area contributed by atoms with Crippen LogP contribution in [-0.2, 0) is 16.6 Å². The number of carbonyl (C=O) groups excluding carboxylic acids is 3. The number of anilines is 3. The number of fused-ring (bicyclic) bond motifs is 1. The van der Waals surface area contributed by atoms with Gasteiger partial charge in [-0.15, -0.1) is 0 Å². The molecule has 0 atom stereocenters. The van der Waals surface area contributed by atoms with Gasteiger partial charge in [0.15, 0.2) is 5.78 Å². The van der Waals surface area contributed by atoms with E-state index in [0.717, 1.165) is 5.69 Å². The van der Waals surface area contributed by atoms with Crippen LogP contribution < -0.4 is 10.6 Å². The molecular weight excluding hydrogens is 394 g/mol. The van der Waals surface area contributed by atoms with Crippen LogP contribution in [0.3, 0.4) is 0 Å². The summed E-state index contributed by atoms with van der Waals surface area (Å²) >= 11 is 0. The van der Waals surface area contributed by atoms with Crippen LogP contribution in [0.15, 0.2) is 67.1 Å². The van der Waals surface area contributed by atoms with Gasteiger partial charge in [0.1, 0.15) is 24.6 Å². The third-order valence-electron chi connectivity index (χ3n) is 4.48. The van der Waals surface area contributed by atoms with Crippen LogP contribution in [-0.4, -0.2) is 33.0 Å². The lowest BCUT2D eigenvalue weighted by Crippen LogP contribution is -2.06. The van der Waals surface area contributed by atoms with Gasteiger partial charge in [-0.1, -0.05) is 36.4 Å². The van der Waals surface area contributed by atoms with E-state index >= 15 is 0 Å². The lowest BCUT2D eigenvalue weighted by molar-refractivity contribution is -0.114. The number of amides is 1. The molecule has 8 heteroatoms. The van der Waals surface area contributed by atoms with Gasteiger partial charge in [0, 0.05) is 37.1 Å². The fourth-order valence-corrected chi connectivity index (χ4v) is 3.24. The monoisotopic (exact) mass is 415 g/mol. The average Bonchev–Trinajstić information content (AvgIpc) is 3.13.